The fourth-order valence-corrected chi connectivity index (χ4v) is 7.07. The number of aliphatic carboxylic acids is 1. The molecule has 4 atom stereocenters. The fraction of sp³-hybridized carbons (Fsp3) is 0.484. The van der Waals surface area contributed by atoms with Crippen LogP contribution in [0.3, 0.4) is 0 Å². The molecule has 3 aromatic heterocycles. The average molecular weight is 677 g/mol. The lowest BCUT2D eigenvalue weighted by molar-refractivity contribution is -0.149. The predicted octanol–water partition coefficient (Wildman–Crippen LogP) is 5.67. The molecule has 4 rings (SSSR count). The summed E-state index contributed by atoms with van der Waals surface area (Å²) in [5.41, 5.74) is 0.781. The third-order valence-electron chi connectivity index (χ3n) is 7.64. The highest BCUT2D eigenvalue weighted by molar-refractivity contribution is 7.54. The van der Waals surface area contributed by atoms with Gasteiger partial charge in [0.25, 0.3) is 0 Å². The lowest BCUT2D eigenvalue weighted by Crippen LogP contribution is -2.55. The molecule has 14 nitrogen and oxygen atoms in total. The van der Waals surface area contributed by atoms with Gasteiger partial charge in [0.2, 0.25) is 5.88 Å². The second kappa shape index (κ2) is 14.0. The SMILES string of the molecule is Cc1cc2c(F)c(Oc3ncnn4cc(OC[C@H](C)OP(=O)(N[C@@H](C)C(=O)OC(C)C)NC(C)(C(=O)O)C(C)C)c(C)c34)ccc2[nH]1. The van der Waals surface area contributed by atoms with Gasteiger partial charge >= 0.3 is 19.6 Å². The van der Waals surface area contributed by atoms with Crippen molar-refractivity contribution >= 4 is 36.0 Å². The number of nitrogens with one attached hydrogen (secondary N) is 3. The second-order valence-corrected chi connectivity index (χ2v) is 14.1. The van der Waals surface area contributed by atoms with Crippen molar-refractivity contribution in [2.45, 2.75) is 86.1 Å². The van der Waals surface area contributed by atoms with E-state index in [1.165, 1.54) is 30.8 Å². The molecular weight excluding hydrogens is 634 g/mol. The Hall–Kier alpha value is -4.04. The Morgan fingerprint density at radius 2 is 1.85 bits per heavy atom. The fourth-order valence-electron chi connectivity index (χ4n) is 4.75. The first-order chi connectivity index (χ1) is 21.9. The number of nitrogens with zero attached hydrogens (tertiary/aromatic N) is 3. The largest absolute Gasteiger partial charge is 0.489 e. The Morgan fingerprint density at radius 1 is 1.15 bits per heavy atom. The molecule has 0 aliphatic heterocycles. The predicted molar refractivity (Wildman–Crippen MR) is 172 cm³/mol. The number of aryl methyl sites for hydroxylation is 2. The molecular formula is C31H42FN6O8P. The van der Waals surface area contributed by atoms with Crippen LogP contribution in [-0.4, -0.2) is 67.0 Å². The summed E-state index contributed by atoms with van der Waals surface area (Å²) < 4.78 is 53.9. The van der Waals surface area contributed by atoms with E-state index in [9.17, 15) is 19.3 Å². The van der Waals surface area contributed by atoms with Crippen molar-refractivity contribution in [3.8, 4) is 17.4 Å². The first-order valence-electron chi connectivity index (χ1n) is 15.1. The van der Waals surface area contributed by atoms with Gasteiger partial charge in [-0.3, -0.25) is 18.7 Å². The number of benzene rings is 1. The number of aromatic amines is 1. The first-order valence-corrected chi connectivity index (χ1v) is 16.8. The highest BCUT2D eigenvalue weighted by Gasteiger charge is 2.45. The molecule has 256 valence electrons. The number of carbonyl (C=O) groups excluding carboxylic acids is 1. The lowest BCUT2D eigenvalue weighted by Gasteiger charge is -2.36. The lowest BCUT2D eigenvalue weighted by atomic mass is 9.90. The number of hydrogen-bond acceptors (Lipinski definition) is 9. The zero-order valence-corrected chi connectivity index (χ0v) is 28.8. The van der Waals surface area contributed by atoms with Crippen LogP contribution in [0.2, 0.25) is 0 Å². The number of carboxylic acids is 1. The number of carbonyl (C=O) groups is 2. The van der Waals surface area contributed by atoms with E-state index in [-0.39, 0.29) is 18.2 Å². The molecule has 0 aliphatic rings. The summed E-state index contributed by atoms with van der Waals surface area (Å²) in [6, 6.07) is 3.82. The first kappa shape index (κ1) is 35.8. The summed E-state index contributed by atoms with van der Waals surface area (Å²) >= 11 is 0. The van der Waals surface area contributed by atoms with Crippen molar-refractivity contribution in [2.75, 3.05) is 6.61 Å². The van der Waals surface area contributed by atoms with Crippen LogP contribution in [0.5, 0.6) is 17.4 Å². The number of fused-ring (bicyclic) bond motifs is 2. The molecule has 4 N–H and O–H groups in total. The van der Waals surface area contributed by atoms with Crippen LogP contribution in [0.4, 0.5) is 4.39 Å². The zero-order valence-electron chi connectivity index (χ0n) is 27.9. The van der Waals surface area contributed by atoms with Crippen LogP contribution in [0.25, 0.3) is 16.4 Å². The maximum absolute atomic E-state index is 15.3. The number of carboxylic acid groups (broad SMARTS) is 1. The third-order valence-corrected chi connectivity index (χ3v) is 9.78. The van der Waals surface area contributed by atoms with E-state index in [0.29, 0.717) is 27.7 Å². The Kier molecular flexibility index (Phi) is 10.7. The number of rotatable bonds is 15. The van der Waals surface area contributed by atoms with Crippen molar-refractivity contribution in [3.05, 3.63) is 47.8 Å². The standard InChI is InChI=1S/C31H42FN6O8P/c1-16(2)31(9,30(40)41)37-47(42,36-21(8)29(39)44-17(3)4)46-19(6)14-43-25-13-38-27(20(25)7)28(33-15-34-38)45-24-11-10-23-22(26(24)32)12-18(5)35-23/h10-13,15-17,19,21,35H,14H2,1-9H3,(H,40,41)(H2,36,37,42)/t19-,21-,31?,47?/m0/s1. The maximum Gasteiger partial charge on any atom is 0.342 e. The van der Waals surface area contributed by atoms with Gasteiger partial charge in [-0.2, -0.15) is 10.1 Å². The van der Waals surface area contributed by atoms with Gasteiger partial charge in [-0.15, -0.1) is 0 Å². The van der Waals surface area contributed by atoms with Gasteiger partial charge in [0, 0.05) is 22.2 Å². The van der Waals surface area contributed by atoms with Gasteiger partial charge in [0.05, 0.1) is 18.4 Å². The molecule has 16 heteroatoms. The van der Waals surface area contributed by atoms with Crippen molar-refractivity contribution in [1.29, 1.82) is 0 Å². The monoisotopic (exact) mass is 676 g/mol. The normalized spacial score (nSPS) is 15.8. The van der Waals surface area contributed by atoms with E-state index in [1.807, 2.05) is 6.92 Å². The summed E-state index contributed by atoms with van der Waals surface area (Å²) in [6.45, 7) is 14.5. The molecule has 2 unspecified atom stereocenters. The summed E-state index contributed by atoms with van der Waals surface area (Å²) in [7, 11) is -4.23. The summed E-state index contributed by atoms with van der Waals surface area (Å²) in [5.74, 6) is -2.54. The van der Waals surface area contributed by atoms with Crippen LogP contribution in [0.1, 0.15) is 59.7 Å². The Morgan fingerprint density at radius 3 is 2.49 bits per heavy atom. The quantitative estimate of drug-likeness (QED) is 0.0897. The minimum atomic E-state index is -4.23. The van der Waals surface area contributed by atoms with Crippen molar-refractivity contribution in [3.63, 3.8) is 0 Å². The average Bonchev–Trinajstić information content (AvgIpc) is 3.52. The summed E-state index contributed by atoms with van der Waals surface area (Å²) in [5, 5.41) is 19.8. The molecule has 0 radical (unpaired) electrons. The van der Waals surface area contributed by atoms with E-state index in [2.05, 4.69) is 25.2 Å². The minimum Gasteiger partial charge on any atom is -0.489 e. The molecule has 1 aromatic carbocycles. The van der Waals surface area contributed by atoms with Gasteiger partial charge in [0.1, 0.15) is 35.8 Å². The molecule has 47 heavy (non-hydrogen) atoms. The van der Waals surface area contributed by atoms with Crippen LogP contribution >= 0.6 is 7.67 Å². The van der Waals surface area contributed by atoms with Crippen LogP contribution < -0.4 is 19.6 Å². The van der Waals surface area contributed by atoms with Gasteiger partial charge in [-0.25, -0.2) is 19.1 Å². The maximum atomic E-state index is 15.3. The van der Waals surface area contributed by atoms with Crippen LogP contribution in [0.15, 0.2) is 30.7 Å². The molecule has 4 aromatic rings. The topological polar surface area (TPSA) is 178 Å². The molecule has 0 saturated carbocycles. The Labute approximate surface area is 271 Å². The number of aromatic nitrogens is 4. The van der Waals surface area contributed by atoms with Crippen molar-refractivity contribution in [2.24, 2.45) is 5.92 Å². The Bertz CT molecular complexity index is 1820. The van der Waals surface area contributed by atoms with E-state index in [0.717, 1.165) is 5.69 Å². The number of esters is 1. The molecule has 0 spiro atoms. The number of ether oxygens (including phenoxy) is 3. The second-order valence-electron chi connectivity index (χ2n) is 12.3. The van der Waals surface area contributed by atoms with Gasteiger partial charge < -0.3 is 24.3 Å². The molecule has 0 amide bonds. The third kappa shape index (κ3) is 7.92. The van der Waals surface area contributed by atoms with Crippen LogP contribution in [0, 0.1) is 25.6 Å². The summed E-state index contributed by atoms with van der Waals surface area (Å²) in [6.07, 6.45) is 1.55. The number of H-pyrrole nitrogens is 1. The molecule has 0 fully saturated rings. The minimum absolute atomic E-state index is 0.0146. The van der Waals surface area contributed by atoms with E-state index >= 15 is 4.39 Å². The van der Waals surface area contributed by atoms with Crippen molar-refractivity contribution < 1.29 is 42.4 Å². The van der Waals surface area contributed by atoms with E-state index in [1.54, 1.807) is 59.9 Å². The number of halogens is 1. The molecule has 0 aliphatic carbocycles. The highest BCUT2D eigenvalue weighted by atomic mass is 31.2. The van der Waals surface area contributed by atoms with Gasteiger partial charge in [-0.1, -0.05) is 13.8 Å². The van der Waals surface area contributed by atoms with Gasteiger partial charge in [-0.05, 0) is 72.6 Å². The van der Waals surface area contributed by atoms with E-state index in [4.69, 9.17) is 18.7 Å². The molecule has 0 bridgehead atoms. The summed E-state index contributed by atoms with van der Waals surface area (Å²) in [4.78, 5) is 32.1. The smallest absolute Gasteiger partial charge is 0.342 e. The molecule has 3 heterocycles. The number of hydrogen-bond donors (Lipinski definition) is 4. The van der Waals surface area contributed by atoms with E-state index < -0.39 is 55.1 Å². The van der Waals surface area contributed by atoms with Crippen LogP contribution in [-0.2, 0) is 23.4 Å². The zero-order chi connectivity index (χ0) is 34.8. The van der Waals surface area contributed by atoms with Crippen molar-refractivity contribution in [1.82, 2.24) is 29.8 Å². The molecule has 0 saturated heterocycles. The highest BCUT2D eigenvalue weighted by Crippen LogP contribution is 2.44. The van der Waals surface area contributed by atoms with Gasteiger partial charge in [0.15, 0.2) is 11.6 Å². The Balaban J connectivity index is 1.54.